The summed E-state index contributed by atoms with van der Waals surface area (Å²) in [6.07, 6.45) is 0.0218. The second-order valence-electron chi connectivity index (χ2n) is 7.55. The number of rotatable bonds is 9. The van der Waals surface area contributed by atoms with Crippen molar-refractivity contribution in [3.8, 4) is 17.9 Å². The summed E-state index contributed by atoms with van der Waals surface area (Å²) in [6, 6.07) is 13.2. The monoisotopic (exact) mass is 511 g/mol. The Kier molecular flexibility index (Phi) is 8.41. The number of thiazole rings is 1. The molecule has 9 nitrogen and oxygen atoms in total. The number of carbonyl (C=O) groups is 1. The maximum Gasteiger partial charge on any atom is 0.279 e. The van der Waals surface area contributed by atoms with Crippen LogP contribution in [-0.4, -0.2) is 43.4 Å². The molecule has 1 heterocycles. The zero-order valence-electron chi connectivity index (χ0n) is 19.7. The Balaban J connectivity index is 1.97. The molecular weight excluding hydrogens is 486 g/mol. The lowest BCUT2D eigenvalue weighted by atomic mass is 10.2. The molecule has 1 aromatic heterocycles. The largest absolute Gasteiger partial charge is 0.495 e. The van der Waals surface area contributed by atoms with Gasteiger partial charge in [0, 0.05) is 38.0 Å². The number of benzene rings is 2. The minimum atomic E-state index is -3.91. The third-order valence-electron chi connectivity index (χ3n) is 5.40. The first-order chi connectivity index (χ1) is 16.8. The Morgan fingerprint density at radius 3 is 2.29 bits per heavy atom. The molecular formula is C24H25N5O4S2. The van der Waals surface area contributed by atoms with E-state index in [-0.39, 0.29) is 36.4 Å². The lowest BCUT2D eigenvalue weighted by Crippen LogP contribution is -2.32. The maximum absolute atomic E-state index is 13.0. The fourth-order valence-corrected chi connectivity index (χ4v) is 6.21. The van der Waals surface area contributed by atoms with Crippen LogP contribution in [0, 0.1) is 29.6 Å². The van der Waals surface area contributed by atoms with E-state index in [2.05, 4.69) is 4.99 Å². The fraction of sp³-hybridized carbons (Fsp3) is 0.333. The van der Waals surface area contributed by atoms with Gasteiger partial charge in [-0.1, -0.05) is 17.4 Å². The second kappa shape index (κ2) is 11.3. The number of amides is 1. The third kappa shape index (κ3) is 5.43. The summed E-state index contributed by atoms with van der Waals surface area (Å²) in [5.74, 6) is 0.203. The van der Waals surface area contributed by atoms with E-state index in [1.807, 2.05) is 42.7 Å². The minimum Gasteiger partial charge on any atom is -0.495 e. The van der Waals surface area contributed by atoms with E-state index < -0.39 is 15.9 Å². The van der Waals surface area contributed by atoms with Gasteiger partial charge >= 0.3 is 0 Å². The van der Waals surface area contributed by atoms with E-state index in [0.717, 1.165) is 20.1 Å². The molecule has 3 aromatic rings. The molecule has 3 rings (SSSR count). The number of hydrogen-bond donors (Lipinski definition) is 0. The van der Waals surface area contributed by atoms with Crippen LogP contribution in [0.15, 0.2) is 46.3 Å². The molecule has 182 valence electrons. The van der Waals surface area contributed by atoms with Crippen LogP contribution < -0.4 is 9.54 Å². The molecule has 0 aliphatic rings. The van der Waals surface area contributed by atoms with Crippen molar-refractivity contribution >= 4 is 37.5 Å². The molecule has 0 atom stereocenters. The molecule has 0 radical (unpaired) electrons. The van der Waals surface area contributed by atoms with Crippen molar-refractivity contribution in [1.29, 1.82) is 10.5 Å². The summed E-state index contributed by atoms with van der Waals surface area (Å²) >= 11 is 1.39. The van der Waals surface area contributed by atoms with E-state index >= 15 is 0 Å². The van der Waals surface area contributed by atoms with Gasteiger partial charge in [-0.2, -0.15) is 19.8 Å². The normalized spacial score (nSPS) is 12.0. The van der Waals surface area contributed by atoms with E-state index in [1.165, 1.54) is 35.6 Å². The predicted octanol–water partition coefficient (Wildman–Crippen LogP) is 3.60. The topological polar surface area (TPSA) is 129 Å². The maximum atomic E-state index is 13.0. The highest BCUT2D eigenvalue weighted by molar-refractivity contribution is 7.89. The molecule has 11 heteroatoms. The molecule has 0 saturated carbocycles. The molecule has 2 aromatic carbocycles. The molecule has 0 spiro atoms. The number of hydrogen-bond acceptors (Lipinski definition) is 7. The van der Waals surface area contributed by atoms with E-state index in [4.69, 9.17) is 15.3 Å². The Bertz CT molecular complexity index is 1470. The number of nitrogens with zero attached hydrogens (tertiary/aromatic N) is 5. The zero-order valence-corrected chi connectivity index (χ0v) is 21.3. The van der Waals surface area contributed by atoms with Crippen LogP contribution in [0.1, 0.15) is 35.7 Å². The summed E-state index contributed by atoms with van der Waals surface area (Å²) in [5.41, 5.74) is 2.17. The average molecular weight is 512 g/mol. The Labute approximate surface area is 208 Å². The molecule has 0 aliphatic carbocycles. The number of aryl methyl sites for hydroxylation is 2. The molecule has 0 bridgehead atoms. The average Bonchev–Trinajstić information content (AvgIpc) is 3.23. The number of carbonyl (C=O) groups excluding carboxylic acids is 1. The van der Waals surface area contributed by atoms with Crippen LogP contribution in [0.4, 0.5) is 0 Å². The Morgan fingerprint density at radius 1 is 1.11 bits per heavy atom. The first kappa shape index (κ1) is 26.1. The van der Waals surface area contributed by atoms with E-state index in [9.17, 15) is 13.2 Å². The van der Waals surface area contributed by atoms with Crippen LogP contribution in [0.25, 0.3) is 10.2 Å². The van der Waals surface area contributed by atoms with Crippen LogP contribution >= 0.6 is 11.3 Å². The van der Waals surface area contributed by atoms with Gasteiger partial charge in [-0.15, -0.1) is 0 Å². The van der Waals surface area contributed by atoms with Gasteiger partial charge < -0.3 is 9.30 Å². The summed E-state index contributed by atoms with van der Waals surface area (Å²) in [4.78, 5) is 17.8. The number of fused-ring (bicyclic) bond motifs is 1. The van der Waals surface area contributed by atoms with Crippen molar-refractivity contribution in [2.45, 2.75) is 38.1 Å². The van der Waals surface area contributed by atoms with Crippen molar-refractivity contribution in [2.75, 3.05) is 20.2 Å². The van der Waals surface area contributed by atoms with Gasteiger partial charge in [-0.25, -0.2) is 8.42 Å². The SMILES string of the molecule is CCn1c(=NC(=O)c2ccc(S(=O)(=O)N(CCC#N)CCC#N)cc2)sc2c(C)ccc(OC)c21. The van der Waals surface area contributed by atoms with Gasteiger partial charge in [0.25, 0.3) is 5.91 Å². The summed E-state index contributed by atoms with van der Waals surface area (Å²) in [5, 5.41) is 17.7. The fourth-order valence-electron chi connectivity index (χ4n) is 3.59. The third-order valence-corrected chi connectivity index (χ3v) is 8.53. The van der Waals surface area contributed by atoms with Gasteiger partial charge in [-0.3, -0.25) is 4.79 Å². The minimum absolute atomic E-state index is 0.0109. The molecule has 35 heavy (non-hydrogen) atoms. The molecule has 1 amide bonds. The van der Waals surface area contributed by atoms with Crippen molar-refractivity contribution < 1.29 is 17.9 Å². The lowest BCUT2D eigenvalue weighted by Gasteiger charge is -2.20. The Hall–Kier alpha value is -3.51. The summed E-state index contributed by atoms with van der Waals surface area (Å²) < 4.78 is 35.5. The van der Waals surface area contributed by atoms with Crippen LogP contribution in [0.3, 0.4) is 0 Å². The van der Waals surface area contributed by atoms with E-state index in [0.29, 0.717) is 17.1 Å². The molecule has 0 saturated heterocycles. The number of methoxy groups -OCH3 is 1. The van der Waals surface area contributed by atoms with Crippen LogP contribution in [0.2, 0.25) is 0 Å². The second-order valence-corrected chi connectivity index (χ2v) is 10.5. The van der Waals surface area contributed by atoms with Crippen molar-refractivity contribution in [3.05, 3.63) is 52.3 Å². The van der Waals surface area contributed by atoms with E-state index in [1.54, 1.807) is 7.11 Å². The van der Waals surface area contributed by atoms with Gasteiger partial charge in [0.1, 0.15) is 11.3 Å². The highest BCUT2D eigenvalue weighted by Crippen LogP contribution is 2.30. The highest BCUT2D eigenvalue weighted by Gasteiger charge is 2.24. The first-order valence-electron chi connectivity index (χ1n) is 10.9. The first-order valence-corrected chi connectivity index (χ1v) is 13.1. The quantitative estimate of drug-likeness (QED) is 0.432. The number of ether oxygens (including phenoxy) is 1. The van der Waals surface area contributed by atoms with Gasteiger partial charge in [0.05, 0.1) is 28.8 Å². The highest BCUT2D eigenvalue weighted by atomic mass is 32.2. The molecule has 0 fully saturated rings. The van der Waals surface area contributed by atoms with Crippen molar-refractivity contribution in [3.63, 3.8) is 0 Å². The summed E-state index contributed by atoms with van der Waals surface area (Å²) in [7, 11) is -2.32. The Morgan fingerprint density at radius 2 is 1.74 bits per heavy atom. The van der Waals surface area contributed by atoms with Crippen LogP contribution in [-0.2, 0) is 16.6 Å². The van der Waals surface area contributed by atoms with Crippen molar-refractivity contribution in [1.82, 2.24) is 8.87 Å². The van der Waals surface area contributed by atoms with Crippen LogP contribution in [0.5, 0.6) is 5.75 Å². The zero-order chi connectivity index (χ0) is 25.6. The van der Waals surface area contributed by atoms with Gasteiger partial charge in [0.15, 0.2) is 4.80 Å². The predicted molar refractivity (Wildman–Crippen MR) is 132 cm³/mol. The number of nitriles is 2. The van der Waals surface area contributed by atoms with Gasteiger partial charge in [0.2, 0.25) is 10.0 Å². The number of aromatic nitrogens is 1. The molecule has 0 N–H and O–H groups in total. The number of sulfonamides is 1. The lowest BCUT2D eigenvalue weighted by molar-refractivity contribution is 0.0997. The van der Waals surface area contributed by atoms with Crippen molar-refractivity contribution in [2.24, 2.45) is 4.99 Å². The summed E-state index contributed by atoms with van der Waals surface area (Å²) in [6.45, 7) is 4.51. The van der Waals surface area contributed by atoms with Gasteiger partial charge in [-0.05, 0) is 49.7 Å². The smallest absolute Gasteiger partial charge is 0.279 e. The standard InChI is InChI=1S/C24H25N5O4S2/c1-4-29-21-20(33-3)12-7-17(2)22(21)34-24(29)27-23(30)18-8-10-19(11-9-18)35(31,32)28(15-5-13-25)16-6-14-26/h7-12H,4-6,15-16H2,1-3H3. The molecule has 0 unspecified atom stereocenters. The molecule has 0 aliphatic heterocycles.